The first kappa shape index (κ1) is 15.3. The Bertz CT molecular complexity index is 654. The number of hydrogen-bond donors (Lipinski definition) is 1. The van der Waals surface area contributed by atoms with Crippen LogP contribution in [0, 0.1) is 5.82 Å². The summed E-state index contributed by atoms with van der Waals surface area (Å²) in [6.07, 6.45) is 0. The first-order valence-electron chi connectivity index (χ1n) is 6.03. The smallest absolute Gasteiger partial charge is 0.256 e. The Labute approximate surface area is 130 Å². The van der Waals surface area contributed by atoms with Gasteiger partial charge in [0.25, 0.3) is 5.91 Å². The highest BCUT2D eigenvalue weighted by Gasteiger charge is 2.12. The largest absolute Gasteiger partial charge is 0.497 e. The van der Waals surface area contributed by atoms with Crippen molar-refractivity contribution in [2.45, 2.75) is 0 Å². The van der Waals surface area contributed by atoms with Crippen molar-refractivity contribution < 1.29 is 18.7 Å². The van der Waals surface area contributed by atoms with Crippen molar-refractivity contribution in [3.63, 3.8) is 0 Å². The summed E-state index contributed by atoms with van der Waals surface area (Å²) in [6.45, 7) is 0. The number of rotatable bonds is 4. The van der Waals surface area contributed by atoms with Crippen molar-refractivity contribution >= 4 is 27.5 Å². The van der Waals surface area contributed by atoms with Crippen LogP contribution in [0.15, 0.2) is 40.9 Å². The highest BCUT2D eigenvalue weighted by molar-refractivity contribution is 9.10. The van der Waals surface area contributed by atoms with Crippen LogP contribution >= 0.6 is 15.9 Å². The normalized spacial score (nSPS) is 10.1. The third kappa shape index (κ3) is 3.72. The molecule has 0 spiro atoms. The number of hydrogen-bond acceptors (Lipinski definition) is 3. The molecule has 0 saturated heterocycles. The molecule has 0 aromatic heterocycles. The van der Waals surface area contributed by atoms with Gasteiger partial charge in [0.1, 0.15) is 17.3 Å². The van der Waals surface area contributed by atoms with E-state index in [2.05, 4.69) is 21.2 Å². The number of nitrogens with one attached hydrogen (secondary N) is 1. The van der Waals surface area contributed by atoms with Crippen molar-refractivity contribution in [3.05, 3.63) is 52.3 Å². The number of benzene rings is 2. The molecule has 2 aromatic carbocycles. The maximum absolute atomic E-state index is 13.2. The first-order chi connectivity index (χ1) is 10.0. The summed E-state index contributed by atoms with van der Waals surface area (Å²) >= 11 is 3.22. The molecule has 0 aliphatic carbocycles. The van der Waals surface area contributed by atoms with Gasteiger partial charge >= 0.3 is 0 Å². The second-order valence-electron chi connectivity index (χ2n) is 4.18. The summed E-state index contributed by atoms with van der Waals surface area (Å²) in [7, 11) is 3.03. The number of halogens is 2. The van der Waals surface area contributed by atoms with E-state index in [1.807, 2.05) is 0 Å². The average molecular weight is 354 g/mol. The topological polar surface area (TPSA) is 47.6 Å². The molecule has 21 heavy (non-hydrogen) atoms. The zero-order chi connectivity index (χ0) is 15.4. The molecule has 0 atom stereocenters. The van der Waals surface area contributed by atoms with E-state index in [-0.39, 0.29) is 5.56 Å². The van der Waals surface area contributed by atoms with Gasteiger partial charge in [0.05, 0.1) is 19.8 Å². The van der Waals surface area contributed by atoms with Gasteiger partial charge in [0, 0.05) is 28.4 Å². The second kappa shape index (κ2) is 6.58. The van der Waals surface area contributed by atoms with Gasteiger partial charge < -0.3 is 14.8 Å². The fourth-order valence-electron chi connectivity index (χ4n) is 1.75. The summed E-state index contributed by atoms with van der Waals surface area (Å²) in [5.41, 5.74) is 0.698. The average Bonchev–Trinajstić information content (AvgIpc) is 2.49. The Morgan fingerprint density at radius 1 is 1.10 bits per heavy atom. The molecule has 0 unspecified atom stereocenters. The summed E-state index contributed by atoms with van der Waals surface area (Å²) < 4.78 is 24.0. The van der Waals surface area contributed by atoms with E-state index >= 15 is 0 Å². The van der Waals surface area contributed by atoms with Crippen LogP contribution in [0.5, 0.6) is 11.5 Å². The van der Waals surface area contributed by atoms with Crippen LogP contribution < -0.4 is 14.8 Å². The van der Waals surface area contributed by atoms with Crippen LogP contribution in [0.4, 0.5) is 10.1 Å². The fourth-order valence-corrected chi connectivity index (χ4v) is 2.18. The minimum absolute atomic E-state index is 0.205. The number of amides is 1. The van der Waals surface area contributed by atoms with Crippen LogP contribution in [0.25, 0.3) is 0 Å². The van der Waals surface area contributed by atoms with Crippen LogP contribution in [-0.4, -0.2) is 20.1 Å². The van der Waals surface area contributed by atoms with Crippen molar-refractivity contribution in [2.75, 3.05) is 19.5 Å². The second-order valence-corrected chi connectivity index (χ2v) is 5.03. The molecule has 4 nitrogen and oxygen atoms in total. The lowest BCUT2D eigenvalue weighted by molar-refractivity contribution is 0.102. The molecule has 0 radical (unpaired) electrons. The maximum Gasteiger partial charge on any atom is 0.256 e. The lowest BCUT2D eigenvalue weighted by Gasteiger charge is -2.10. The zero-order valence-corrected chi connectivity index (χ0v) is 13.0. The summed E-state index contributed by atoms with van der Waals surface area (Å²) in [4.78, 5) is 12.2. The lowest BCUT2D eigenvalue weighted by atomic mass is 10.2. The summed E-state index contributed by atoms with van der Waals surface area (Å²) in [5, 5.41) is 2.68. The van der Waals surface area contributed by atoms with Crippen molar-refractivity contribution in [2.24, 2.45) is 0 Å². The van der Waals surface area contributed by atoms with Crippen LogP contribution in [0.2, 0.25) is 0 Å². The molecule has 0 fully saturated rings. The van der Waals surface area contributed by atoms with E-state index in [9.17, 15) is 9.18 Å². The van der Waals surface area contributed by atoms with Gasteiger partial charge in [-0.05, 0) is 34.1 Å². The van der Waals surface area contributed by atoms with Gasteiger partial charge in [-0.2, -0.15) is 0 Å². The maximum atomic E-state index is 13.2. The first-order valence-corrected chi connectivity index (χ1v) is 6.82. The van der Waals surface area contributed by atoms with Gasteiger partial charge in [0.2, 0.25) is 0 Å². The van der Waals surface area contributed by atoms with Crippen LogP contribution in [-0.2, 0) is 0 Å². The van der Waals surface area contributed by atoms with Gasteiger partial charge in [-0.1, -0.05) is 0 Å². The molecular formula is C15H13BrFNO3. The Balaban J connectivity index is 2.28. The Morgan fingerprint density at radius 2 is 1.71 bits per heavy atom. The molecule has 2 aromatic rings. The summed E-state index contributed by atoms with van der Waals surface area (Å²) in [6, 6.07) is 8.90. The number of methoxy groups -OCH3 is 2. The molecule has 0 aliphatic rings. The van der Waals surface area contributed by atoms with Crippen LogP contribution in [0.1, 0.15) is 10.4 Å². The molecule has 0 saturated carbocycles. The van der Waals surface area contributed by atoms with E-state index in [4.69, 9.17) is 9.47 Å². The predicted molar refractivity (Wildman–Crippen MR) is 81.6 cm³/mol. The number of carbonyl (C=O) groups is 1. The van der Waals surface area contributed by atoms with Crippen LogP contribution in [0.3, 0.4) is 0 Å². The number of anilines is 1. The number of carbonyl (C=O) groups excluding carboxylic acids is 1. The van der Waals surface area contributed by atoms with Gasteiger partial charge in [-0.15, -0.1) is 0 Å². The van der Waals surface area contributed by atoms with E-state index in [0.717, 1.165) is 6.07 Å². The molecule has 0 bridgehead atoms. The van der Waals surface area contributed by atoms with E-state index in [1.165, 1.54) is 26.4 Å². The third-order valence-electron chi connectivity index (χ3n) is 2.78. The Morgan fingerprint density at radius 3 is 2.29 bits per heavy atom. The monoisotopic (exact) mass is 353 g/mol. The minimum Gasteiger partial charge on any atom is -0.497 e. The minimum atomic E-state index is -0.480. The van der Waals surface area contributed by atoms with Gasteiger partial charge in [-0.3, -0.25) is 4.79 Å². The SMILES string of the molecule is COc1cc(NC(=O)c2cc(F)ccc2Br)cc(OC)c1. The molecule has 2 rings (SSSR count). The highest BCUT2D eigenvalue weighted by Crippen LogP contribution is 2.27. The fraction of sp³-hybridized carbons (Fsp3) is 0.133. The van der Waals surface area contributed by atoms with Gasteiger partial charge in [-0.25, -0.2) is 4.39 Å². The standard InChI is InChI=1S/C15H13BrFNO3/c1-20-11-6-10(7-12(8-11)21-2)18-15(19)13-5-9(17)3-4-14(13)16/h3-8H,1-2H3,(H,18,19). The molecule has 6 heteroatoms. The lowest BCUT2D eigenvalue weighted by Crippen LogP contribution is -2.13. The van der Waals surface area contributed by atoms with Crippen molar-refractivity contribution in [1.29, 1.82) is 0 Å². The molecule has 0 heterocycles. The Hall–Kier alpha value is -2.08. The van der Waals surface area contributed by atoms with E-state index < -0.39 is 11.7 Å². The van der Waals surface area contributed by atoms with Gasteiger partial charge in [0.15, 0.2) is 0 Å². The predicted octanol–water partition coefficient (Wildman–Crippen LogP) is 3.86. The van der Waals surface area contributed by atoms with E-state index in [0.29, 0.717) is 21.7 Å². The molecule has 0 aliphatic heterocycles. The highest BCUT2D eigenvalue weighted by atomic mass is 79.9. The third-order valence-corrected chi connectivity index (χ3v) is 3.47. The quantitative estimate of drug-likeness (QED) is 0.907. The van der Waals surface area contributed by atoms with Crippen molar-refractivity contribution in [3.8, 4) is 11.5 Å². The molecule has 110 valence electrons. The van der Waals surface area contributed by atoms with Crippen molar-refractivity contribution in [1.82, 2.24) is 0 Å². The molecule has 1 N–H and O–H groups in total. The molecular weight excluding hydrogens is 341 g/mol. The number of ether oxygens (including phenoxy) is 2. The Kier molecular flexibility index (Phi) is 4.80. The van der Waals surface area contributed by atoms with E-state index in [1.54, 1.807) is 18.2 Å². The zero-order valence-electron chi connectivity index (χ0n) is 11.4. The summed E-state index contributed by atoms with van der Waals surface area (Å²) in [5.74, 6) is 0.175. The molecule has 1 amide bonds.